The Bertz CT molecular complexity index is 320. The molecular weight excluding hydrogens is 248 g/mol. The number of nitrogens with one attached hydrogen (secondary N) is 2. The molecule has 6 heteroatoms. The quantitative estimate of drug-likeness (QED) is 0.590. The van der Waals surface area contributed by atoms with E-state index < -0.39 is 23.3 Å². The summed E-state index contributed by atoms with van der Waals surface area (Å²) in [6.45, 7) is 5.67. The SMILES string of the molecule is CCCC(C)C1(CC)C(=O)NC(=O)NC1=O.[Ca+2].[H-].[H-]. The Morgan fingerprint density at radius 3 is 2.00 bits per heavy atom. The third-order valence-corrected chi connectivity index (χ3v) is 3.39. The van der Waals surface area contributed by atoms with Crippen molar-refractivity contribution in [3.05, 3.63) is 0 Å². The second kappa shape index (κ2) is 6.71. The molecule has 4 amide bonds. The first-order valence-electron chi connectivity index (χ1n) is 5.65. The molecule has 1 unspecified atom stereocenters. The molecule has 1 aliphatic rings. The smallest absolute Gasteiger partial charge is 1.00 e. The maximum absolute atomic E-state index is 11.9. The second-order valence-electron chi connectivity index (χ2n) is 4.25. The minimum absolute atomic E-state index is 0. The standard InChI is InChI=1S/C11H18N2O3.Ca.2H/c1-4-6-7(3)11(5-2)8(14)12-10(16)13-9(11)15;;;/h7H,4-6H2,1-3H3,(H2,12,13,14,15,16);;;/q;+2;2*-1. The maximum Gasteiger partial charge on any atom is 2.00 e. The third-order valence-electron chi connectivity index (χ3n) is 3.39. The molecule has 0 aromatic rings. The van der Waals surface area contributed by atoms with Gasteiger partial charge in [-0.2, -0.15) is 0 Å². The minimum atomic E-state index is -1.09. The van der Waals surface area contributed by atoms with E-state index in [1.54, 1.807) is 6.92 Å². The van der Waals surface area contributed by atoms with Crippen molar-refractivity contribution in [2.45, 2.75) is 40.0 Å². The zero-order chi connectivity index (χ0) is 12.3. The zero-order valence-electron chi connectivity index (χ0n) is 12.6. The Labute approximate surface area is 134 Å². The van der Waals surface area contributed by atoms with E-state index >= 15 is 0 Å². The Kier molecular flexibility index (Phi) is 6.66. The monoisotopic (exact) mass is 268 g/mol. The van der Waals surface area contributed by atoms with Crippen molar-refractivity contribution in [2.24, 2.45) is 11.3 Å². The predicted molar refractivity (Wildman–Crippen MR) is 66.5 cm³/mol. The van der Waals surface area contributed by atoms with E-state index in [0.29, 0.717) is 6.42 Å². The van der Waals surface area contributed by atoms with Crippen molar-refractivity contribution in [3.63, 3.8) is 0 Å². The van der Waals surface area contributed by atoms with Gasteiger partial charge in [0.15, 0.2) is 0 Å². The molecule has 1 heterocycles. The summed E-state index contributed by atoms with van der Waals surface area (Å²) in [5, 5.41) is 4.36. The van der Waals surface area contributed by atoms with Gasteiger partial charge in [-0.15, -0.1) is 0 Å². The van der Waals surface area contributed by atoms with Gasteiger partial charge in [-0.1, -0.05) is 27.2 Å². The second-order valence-corrected chi connectivity index (χ2v) is 4.25. The molecule has 1 fully saturated rings. The Hall–Kier alpha value is -0.130. The van der Waals surface area contributed by atoms with E-state index in [1.807, 2.05) is 13.8 Å². The molecule has 0 aliphatic carbocycles. The van der Waals surface area contributed by atoms with Crippen LogP contribution in [0.2, 0.25) is 0 Å². The summed E-state index contributed by atoms with van der Waals surface area (Å²) >= 11 is 0. The van der Waals surface area contributed by atoms with E-state index in [4.69, 9.17) is 0 Å². The number of amides is 4. The van der Waals surface area contributed by atoms with Crippen LogP contribution in [0.15, 0.2) is 0 Å². The van der Waals surface area contributed by atoms with Gasteiger partial charge in [0.1, 0.15) is 5.41 Å². The van der Waals surface area contributed by atoms with Gasteiger partial charge in [-0.3, -0.25) is 20.2 Å². The van der Waals surface area contributed by atoms with E-state index in [9.17, 15) is 14.4 Å². The molecule has 94 valence electrons. The summed E-state index contributed by atoms with van der Waals surface area (Å²) in [4.78, 5) is 34.8. The fourth-order valence-electron chi connectivity index (χ4n) is 2.36. The van der Waals surface area contributed by atoms with Gasteiger partial charge < -0.3 is 2.85 Å². The molecule has 0 saturated carbocycles. The van der Waals surface area contributed by atoms with Gasteiger partial charge in [0.2, 0.25) is 11.8 Å². The van der Waals surface area contributed by atoms with Crippen LogP contribution in [-0.4, -0.2) is 55.6 Å². The summed E-state index contributed by atoms with van der Waals surface area (Å²) < 4.78 is 0. The van der Waals surface area contributed by atoms with Crippen molar-refractivity contribution in [2.75, 3.05) is 0 Å². The molecule has 17 heavy (non-hydrogen) atoms. The predicted octanol–water partition coefficient (Wildman–Crippen LogP) is 1.03. The Morgan fingerprint density at radius 2 is 1.65 bits per heavy atom. The molecule has 2 N–H and O–H groups in total. The largest absolute Gasteiger partial charge is 2.00 e. The van der Waals surface area contributed by atoms with Gasteiger partial charge in [-0.05, 0) is 18.8 Å². The molecule has 0 bridgehead atoms. The zero-order valence-corrected chi connectivity index (χ0v) is 12.8. The molecule has 5 nitrogen and oxygen atoms in total. The van der Waals surface area contributed by atoms with Crippen LogP contribution < -0.4 is 10.6 Å². The summed E-state index contributed by atoms with van der Waals surface area (Å²) in [5.74, 6) is -1.01. The van der Waals surface area contributed by atoms with Crippen molar-refractivity contribution < 1.29 is 17.2 Å². The summed E-state index contributed by atoms with van der Waals surface area (Å²) in [6, 6.07) is -0.720. The normalized spacial score (nSPS) is 20.1. The first-order chi connectivity index (χ1) is 7.48. The molecule has 1 atom stereocenters. The van der Waals surface area contributed by atoms with Crippen LogP contribution in [0.3, 0.4) is 0 Å². The summed E-state index contributed by atoms with van der Waals surface area (Å²) in [7, 11) is 0. The van der Waals surface area contributed by atoms with Gasteiger partial charge in [-0.25, -0.2) is 4.79 Å². The number of imide groups is 2. The number of carbonyl (C=O) groups excluding carboxylic acids is 3. The van der Waals surface area contributed by atoms with Crippen LogP contribution >= 0.6 is 0 Å². The van der Waals surface area contributed by atoms with E-state index in [0.717, 1.165) is 12.8 Å². The van der Waals surface area contributed by atoms with Crippen molar-refractivity contribution in [1.82, 2.24) is 10.6 Å². The van der Waals surface area contributed by atoms with Crippen LogP contribution in [0.4, 0.5) is 4.79 Å². The van der Waals surface area contributed by atoms with Gasteiger partial charge in [0.05, 0.1) is 0 Å². The Balaban J connectivity index is -0.000000853. The number of carbonyl (C=O) groups is 3. The molecule has 0 spiro atoms. The number of rotatable bonds is 4. The average Bonchev–Trinajstić information content (AvgIpc) is 2.18. The maximum atomic E-state index is 11.9. The van der Waals surface area contributed by atoms with Crippen LogP contribution in [-0.2, 0) is 9.59 Å². The summed E-state index contributed by atoms with van der Waals surface area (Å²) in [5.41, 5.74) is -1.09. The number of urea groups is 1. The molecular formula is C11H20CaN2O3. The minimum Gasteiger partial charge on any atom is -1.00 e. The van der Waals surface area contributed by atoms with Crippen LogP contribution in [0.5, 0.6) is 0 Å². The number of hydrogen-bond acceptors (Lipinski definition) is 3. The fraction of sp³-hybridized carbons (Fsp3) is 0.727. The van der Waals surface area contributed by atoms with Crippen molar-refractivity contribution in [3.8, 4) is 0 Å². The van der Waals surface area contributed by atoms with E-state index in [-0.39, 0.29) is 46.5 Å². The van der Waals surface area contributed by atoms with E-state index in [1.165, 1.54) is 0 Å². The number of hydrogen-bond donors (Lipinski definition) is 2. The van der Waals surface area contributed by atoms with E-state index in [2.05, 4.69) is 10.6 Å². The molecule has 0 aromatic carbocycles. The number of barbiturate groups is 1. The summed E-state index contributed by atoms with van der Waals surface area (Å²) in [6.07, 6.45) is 2.08. The molecule has 1 saturated heterocycles. The molecule has 0 radical (unpaired) electrons. The van der Waals surface area contributed by atoms with Gasteiger partial charge in [0.25, 0.3) is 0 Å². The van der Waals surface area contributed by atoms with Crippen LogP contribution in [0, 0.1) is 11.3 Å². The molecule has 1 aliphatic heterocycles. The third kappa shape index (κ3) is 3.01. The first-order valence-corrected chi connectivity index (χ1v) is 5.65. The average molecular weight is 268 g/mol. The topological polar surface area (TPSA) is 75.3 Å². The van der Waals surface area contributed by atoms with Crippen molar-refractivity contribution in [1.29, 1.82) is 0 Å². The molecule has 0 aromatic heterocycles. The van der Waals surface area contributed by atoms with Gasteiger partial charge >= 0.3 is 43.8 Å². The Morgan fingerprint density at radius 1 is 1.18 bits per heavy atom. The van der Waals surface area contributed by atoms with Crippen molar-refractivity contribution >= 4 is 55.6 Å². The van der Waals surface area contributed by atoms with Crippen LogP contribution in [0.1, 0.15) is 42.9 Å². The van der Waals surface area contributed by atoms with Crippen LogP contribution in [0.25, 0.3) is 0 Å². The van der Waals surface area contributed by atoms with Gasteiger partial charge in [0, 0.05) is 0 Å². The first kappa shape index (κ1) is 16.9. The molecule has 1 rings (SSSR count). The fourth-order valence-corrected chi connectivity index (χ4v) is 2.36.